The van der Waals surface area contributed by atoms with Gasteiger partial charge in [0.1, 0.15) is 0 Å². The van der Waals surface area contributed by atoms with Crippen LogP contribution >= 0.6 is 0 Å². The van der Waals surface area contributed by atoms with E-state index in [2.05, 4.69) is 29.2 Å². The molecule has 1 fully saturated rings. The molecule has 160 valence electrons. The Morgan fingerprint density at radius 2 is 1.83 bits per heavy atom. The number of rotatable bonds is 6. The van der Waals surface area contributed by atoms with Gasteiger partial charge in [0.25, 0.3) is 5.91 Å². The number of carbonyl (C=O) groups excluding carboxylic acids is 1. The van der Waals surface area contributed by atoms with Crippen LogP contribution in [0.2, 0.25) is 0 Å². The zero-order valence-corrected chi connectivity index (χ0v) is 17.7. The summed E-state index contributed by atoms with van der Waals surface area (Å²) in [6.45, 7) is 3.52. The van der Waals surface area contributed by atoms with Crippen molar-refractivity contribution >= 4 is 5.91 Å². The fourth-order valence-electron chi connectivity index (χ4n) is 4.53. The van der Waals surface area contributed by atoms with E-state index in [4.69, 9.17) is 4.74 Å². The molecule has 3 atom stereocenters. The Morgan fingerprint density at radius 1 is 1.10 bits per heavy atom. The highest BCUT2D eigenvalue weighted by atomic mass is 16.5. The van der Waals surface area contributed by atoms with Crippen molar-refractivity contribution in [3.63, 3.8) is 0 Å². The Balaban J connectivity index is 1.29. The topological polar surface area (TPSA) is 53.0 Å². The van der Waals surface area contributed by atoms with Gasteiger partial charge >= 0.3 is 0 Å². The molecule has 0 aliphatic carbocycles. The number of carbonyl (C=O) groups is 1. The molecule has 1 amide bonds. The minimum absolute atomic E-state index is 0.0182. The summed E-state index contributed by atoms with van der Waals surface area (Å²) in [4.78, 5) is 17.1. The van der Waals surface area contributed by atoms with E-state index in [1.165, 1.54) is 11.1 Å². The van der Waals surface area contributed by atoms with Crippen molar-refractivity contribution in [2.75, 3.05) is 20.1 Å². The quantitative estimate of drug-likeness (QED) is 0.798. The van der Waals surface area contributed by atoms with Gasteiger partial charge < -0.3 is 14.7 Å². The molecule has 3 unspecified atom stereocenters. The summed E-state index contributed by atoms with van der Waals surface area (Å²) < 4.78 is 6.11. The third kappa shape index (κ3) is 5.09. The lowest BCUT2D eigenvalue weighted by Crippen LogP contribution is -2.49. The molecule has 4 rings (SSSR count). The lowest BCUT2D eigenvalue weighted by Gasteiger charge is -2.36. The zero-order valence-electron chi connectivity index (χ0n) is 17.7. The molecule has 0 aromatic heterocycles. The number of hydrogen-bond acceptors (Lipinski definition) is 4. The summed E-state index contributed by atoms with van der Waals surface area (Å²) in [6.07, 6.45) is 1.92. The van der Waals surface area contributed by atoms with Crippen LogP contribution in [0.1, 0.15) is 36.0 Å². The SMILES string of the molecule is CN(Cc1ccccc1)C(=O)C1OC(CCN2CCc3ccccc3C2)CCC1O. The standard InChI is InChI=1S/C25H32N2O3/c1-26(17-19-7-3-2-4-8-19)25(29)24-23(28)12-11-22(30-24)14-16-27-15-13-20-9-5-6-10-21(20)18-27/h2-10,22-24,28H,11-18H2,1H3. The third-order valence-electron chi connectivity index (χ3n) is 6.33. The van der Waals surface area contributed by atoms with Crippen molar-refractivity contribution < 1.29 is 14.6 Å². The van der Waals surface area contributed by atoms with Gasteiger partial charge in [-0.25, -0.2) is 0 Å². The first kappa shape index (κ1) is 21.0. The number of fused-ring (bicyclic) bond motifs is 1. The maximum atomic E-state index is 12.9. The second kappa shape index (κ2) is 9.73. The first-order valence-corrected chi connectivity index (χ1v) is 11.0. The molecule has 0 bridgehead atoms. The molecular weight excluding hydrogens is 376 g/mol. The average molecular weight is 409 g/mol. The number of benzene rings is 2. The van der Waals surface area contributed by atoms with Crippen LogP contribution in [-0.4, -0.2) is 59.3 Å². The summed E-state index contributed by atoms with van der Waals surface area (Å²) in [5.41, 5.74) is 3.94. The minimum Gasteiger partial charge on any atom is -0.390 e. The Morgan fingerprint density at radius 3 is 2.63 bits per heavy atom. The molecule has 0 radical (unpaired) electrons. The van der Waals surface area contributed by atoms with E-state index >= 15 is 0 Å². The Hall–Kier alpha value is -2.21. The highest BCUT2D eigenvalue weighted by Gasteiger charge is 2.36. The average Bonchev–Trinajstić information content (AvgIpc) is 2.78. The van der Waals surface area contributed by atoms with Crippen LogP contribution in [0, 0.1) is 0 Å². The van der Waals surface area contributed by atoms with Crippen LogP contribution in [0.5, 0.6) is 0 Å². The largest absolute Gasteiger partial charge is 0.390 e. The second-order valence-electron chi connectivity index (χ2n) is 8.59. The molecule has 2 aliphatic heterocycles. The highest BCUT2D eigenvalue weighted by molar-refractivity contribution is 5.81. The van der Waals surface area contributed by atoms with Crippen LogP contribution in [0.3, 0.4) is 0 Å². The fourth-order valence-corrected chi connectivity index (χ4v) is 4.53. The third-order valence-corrected chi connectivity index (χ3v) is 6.33. The van der Waals surface area contributed by atoms with Gasteiger partial charge in [0.05, 0.1) is 12.2 Å². The maximum Gasteiger partial charge on any atom is 0.254 e. The molecule has 2 aromatic carbocycles. The van der Waals surface area contributed by atoms with Crippen LogP contribution < -0.4 is 0 Å². The Labute approximate surface area is 179 Å². The van der Waals surface area contributed by atoms with Crippen LogP contribution in [0.25, 0.3) is 0 Å². The van der Waals surface area contributed by atoms with E-state index in [9.17, 15) is 9.90 Å². The van der Waals surface area contributed by atoms with Gasteiger partial charge in [0.15, 0.2) is 6.10 Å². The summed E-state index contributed by atoms with van der Waals surface area (Å²) in [5.74, 6) is -0.136. The normalized spacial score (nSPS) is 24.3. The molecule has 30 heavy (non-hydrogen) atoms. The van der Waals surface area contributed by atoms with E-state index in [-0.39, 0.29) is 12.0 Å². The van der Waals surface area contributed by atoms with Gasteiger partial charge in [0, 0.05) is 33.2 Å². The molecule has 5 heteroatoms. The molecule has 5 nitrogen and oxygen atoms in total. The van der Waals surface area contributed by atoms with Crippen molar-refractivity contribution in [3.05, 3.63) is 71.3 Å². The van der Waals surface area contributed by atoms with Crippen molar-refractivity contribution in [2.24, 2.45) is 0 Å². The van der Waals surface area contributed by atoms with E-state index in [0.29, 0.717) is 13.0 Å². The smallest absolute Gasteiger partial charge is 0.254 e. The number of ether oxygens (including phenoxy) is 1. The number of aliphatic hydroxyl groups is 1. The summed E-state index contributed by atoms with van der Waals surface area (Å²) in [6, 6.07) is 18.6. The van der Waals surface area contributed by atoms with E-state index < -0.39 is 12.2 Å². The Bertz CT molecular complexity index is 841. The summed E-state index contributed by atoms with van der Waals surface area (Å²) in [7, 11) is 1.78. The van der Waals surface area contributed by atoms with Gasteiger partial charge in [-0.15, -0.1) is 0 Å². The van der Waals surface area contributed by atoms with Crippen molar-refractivity contribution in [3.8, 4) is 0 Å². The Kier molecular flexibility index (Phi) is 6.82. The summed E-state index contributed by atoms with van der Waals surface area (Å²) in [5, 5.41) is 10.4. The van der Waals surface area contributed by atoms with Gasteiger partial charge in [-0.2, -0.15) is 0 Å². The number of aliphatic hydroxyl groups excluding tert-OH is 1. The number of hydrogen-bond donors (Lipinski definition) is 1. The molecule has 2 aromatic rings. The van der Waals surface area contributed by atoms with Crippen molar-refractivity contribution in [2.45, 2.75) is 57.1 Å². The predicted octanol–water partition coefficient (Wildman–Crippen LogP) is 3.00. The number of likely N-dealkylation sites (N-methyl/N-ethyl adjacent to an activating group) is 1. The first-order valence-electron chi connectivity index (χ1n) is 11.0. The molecule has 0 spiro atoms. The molecular formula is C25H32N2O3. The molecule has 0 saturated carbocycles. The maximum absolute atomic E-state index is 12.9. The lowest BCUT2D eigenvalue weighted by molar-refractivity contribution is -0.167. The molecule has 1 N–H and O–H groups in total. The van der Waals surface area contributed by atoms with Crippen LogP contribution in [0.15, 0.2) is 54.6 Å². The molecule has 2 heterocycles. The fraction of sp³-hybridized carbons (Fsp3) is 0.480. The van der Waals surface area contributed by atoms with E-state index in [1.807, 2.05) is 30.3 Å². The van der Waals surface area contributed by atoms with Crippen LogP contribution in [0.4, 0.5) is 0 Å². The van der Waals surface area contributed by atoms with Crippen molar-refractivity contribution in [1.29, 1.82) is 0 Å². The number of amides is 1. The van der Waals surface area contributed by atoms with E-state index in [1.54, 1.807) is 11.9 Å². The molecule has 2 aliphatic rings. The monoisotopic (exact) mass is 408 g/mol. The van der Waals surface area contributed by atoms with Gasteiger partial charge in [-0.3, -0.25) is 9.69 Å². The summed E-state index contributed by atoms with van der Waals surface area (Å²) >= 11 is 0. The van der Waals surface area contributed by atoms with E-state index in [0.717, 1.165) is 44.5 Å². The predicted molar refractivity (Wildman–Crippen MR) is 117 cm³/mol. The van der Waals surface area contributed by atoms with Crippen LogP contribution in [-0.2, 0) is 29.0 Å². The minimum atomic E-state index is -0.764. The van der Waals surface area contributed by atoms with Gasteiger partial charge in [-0.05, 0) is 42.4 Å². The van der Waals surface area contributed by atoms with Gasteiger partial charge in [-0.1, -0.05) is 54.6 Å². The highest BCUT2D eigenvalue weighted by Crippen LogP contribution is 2.25. The van der Waals surface area contributed by atoms with Gasteiger partial charge in [0.2, 0.25) is 0 Å². The lowest BCUT2D eigenvalue weighted by atomic mass is 9.97. The number of nitrogens with zero attached hydrogens (tertiary/aromatic N) is 2. The zero-order chi connectivity index (χ0) is 20.9. The molecule has 1 saturated heterocycles. The second-order valence-corrected chi connectivity index (χ2v) is 8.59. The van der Waals surface area contributed by atoms with Crippen molar-refractivity contribution in [1.82, 2.24) is 9.80 Å². The first-order chi connectivity index (χ1) is 14.6.